The third-order valence-electron chi connectivity index (χ3n) is 4.46. The summed E-state index contributed by atoms with van der Waals surface area (Å²) in [6.45, 7) is 3.76. The maximum Gasteiger partial charge on any atom is 0.274 e. The molecule has 1 unspecified atom stereocenters. The number of hydrogen-bond donors (Lipinski definition) is 2. The van der Waals surface area contributed by atoms with Crippen LogP contribution in [-0.2, 0) is 10.3 Å². The molecule has 3 rings (SSSR count). The fourth-order valence-electron chi connectivity index (χ4n) is 2.86. The van der Waals surface area contributed by atoms with E-state index in [1.165, 1.54) is 4.90 Å². The minimum Gasteiger partial charge on any atom is -0.369 e. The first kappa shape index (κ1) is 17.6. The van der Waals surface area contributed by atoms with E-state index in [1.807, 2.05) is 38.1 Å². The summed E-state index contributed by atoms with van der Waals surface area (Å²) in [6, 6.07) is 10.8. The number of benzene rings is 1. The van der Waals surface area contributed by atoms with Crippen LogP contribution < -0.4 is 11.1 Å². The highest BCUT2D eigenvalue weighted by molar-refractivity contribution is 6.03. The first-order valence-electron chi connectivity index (χ1n) is 8.25. The Morgan fingerprint density at radius 1 is 1.31 bits per heavy atom. The SMILES string of the molecule is Cc1ccnc(C(=O)Nc2cccc(C3(C)CC(=O)N(C)C(N)=N3)c2)c1. The van der Waals surface area contributed by atoms with Crippen molar-refractivity contribution in [3.8, 4) is 0 Å². The molecule has 0 radical (unpaired) electrons. The molecule has 1 aromatic carbocycles. The lowest BCUT2D eigenvalue weighted by Gasteiger charge is -2.33. The molecule has 1 aromatic heterocycles. The minimum absolute atomic E-state index is 0.0987. The molecule has 0 bridgehead atoms. The molecule has 2 heterocycles. The van der Waals surface area contributed by atoms with Crippen LogP contribution in [0.5, 0.6) is 0 Å². The van der Waals surface area contributed by atoms with E-state index < -0.39 is 5.54 Å². The molecule has 7 nitrogen and oxygen atoms in total. The van der Waals surface area contributed by atoms with Gasteiger partial charge < -0.3 is 11.1 Å². The summed E-state index contributed by atoms with van der Waals surface area (Å²) in [7, 11) is 1.60. The number of pyridine rings is 1. The van der Waals surface area contributed by atoms with Gasteiger partial charge in [0.2, 0.25) is 5.91 Å². The van der Waals surface area contributed by atoms with Crippen molar-refractivity contribution in [3.05, 3.63) is 59.4 Å². The van der Waals surface area contributed by atoms with Gasteiger partial charge in [-0.15, -0.1) is 0 Å². The Morgan fingerprint density at radius 3 is 2.77 bits per heavy atom. The highest BCUT2D eigenvalue weighted by atomic mass is 16.2. The number of hydrogen-bond acceptors (Lipinski definition) is 5. The number of anilines is 1. The molecule has 2 aromatic rings. The van der Waals surface area contributed by atoms with Gasteiger partial charge in [-0.05, 0) is 49.2 Å². The fourth-order valence-corrected chi connectivity index (χ4v) is 2.86. The van der Waals surface area contributed by atoms with Crippen LogP contribution in [0, 0.1) is 6.92 Å². The Bertz CT molecular complexity index is 908. The summed E-state index contributed by atoms with van der Waals surface area (Å²) >= 11 is 0. The molecule has 1 atom stereocenters. The number of guanidine groups is 1. The average molecular weight is 351 g/mol. The first-order chi connectivity index (χ1) is 12.3. The molecule has 3 N–H and O–H groups in total. The molecule has 2 amide bonds. The Morgan fingerprint density at radius 2 is 2.08 bits per heavy atom. The van der Waals surface area contributed by atoms with Crippen LogP contribution >= 0.6 is 0 Å². The largest absolute Gasteiger partial charge is 0.369 e. The van der Waals surface area contributed by atoms with Gasteiger partial charge in [0, 0.05) is 18.9 Å². The van der Waals surface area contributed by atoms with Crippen molar-refractivity contribution in [3.63, 3.8) is 0 Å². The number of amides is 2. The van der Waals surface area contributed by atoms with Crippen LogP contribution in [0.1, 0.15) is 35.0 Å². The van der Waals surface area contributed by atoms with Gasteiger partial charge >= 0.3 is 0 Å². The van der Waals surface area contributed by atoms with Crippen molar-refractivity contribution in [2.45, 2.75) is 25.8 Å². The quantitative estimate of drug-likeness (QED) is 0.883. The normalized spacial score (nSPS) is 19.9. The Kier molecular flexibility index (Phi) is 4.46. The molecule has 134 valence electrons. The fraction of sp³-hybridized carbons (Fsp3) is 0.263. The molecule has 0 fully saturated rings. The van der Waals surface area contributed by atoms with Gasteiger partial charge in [-0.25, -0.2) is 4.99 Å². The molecule has 0 saturated heterocycles. The first-order valence-corrected chi connectivity index (χ1v) is 8.25. The second kappa shape index (κ2) is 6.59. The third-order valence-corrected chi connectivity index (χ3v) is 4.46. The molecule has 7 heteroatoms. The van der Waals surface area contributed by atoms with E-state index in [0.717, 1.165) is 11.1 Å². The summed E-state index contributed by atoms with van der Waals surface area (Å²) in [5.74, 6) is -0.209. The van der Waals surface area contributed by atoms with Crippen LogP contribution in [0.15, 0.2) is 47.6 Å². The number of carbonyl (C=O) groups excluding carboxylic acids is 2. The van der Waals surface area contributed by atoms with E-state index in [9.17, 15) is 9.59 Å². The summed E-state index contributed by atoms with van der Waals surface area (Å²) in [4.78, 5) is 34.5. The van der Waals surface area contributed by atoms with Crippen LogP contribution in [0.25, 0.3) is 0 Å². The van der Waals surface area contributed by atoms with Gasteiger partial charge in [0.15, 0.2) is 5.96 Å². The van der Waals surface area contributed by atoms with Gasteiger partial charge in [0.25, 0.3) is 5.91 Å². The molecule has 0 saturated carbocycles. The highest BCUT2D eigenvalue weighted by Gasteiger charge is 2.36. The predicted octanol–water partition coefficient (Wildman–Crippen LogP) is 2.03. The van der Waals surface area contributed by atoms with Crippen molar-refractivity contribution in [1.82, 2.24) is 9.88 Å². The highest BCUT2D eigenvalue weighted by Crippen LogP contribution is 2.34. The molecule has 1 aliphatic rings. The third kappa shape index (κ3) is 3.42. The lowest BCUT2D eigenvalue weighted by atomic mass is 9.87. The van der Waals surface area contributed by atoms with Crippen molar-refractivity contribution < 1.29 is 9.59 Å². The van der Waals surface area contributed by atoms with E-state index in [4.69, 9.17) is 5.73 Å². The van der Waals surface area contributed by atoms with Crippen LogP contribution in [0.2, 0.25) is 0 Å². The van der Waals surface area contributed by atoms with E-state index >= 15 is 0 Å². The molecular formula is C19H21N5O2. The van der Waals surface area contributed by atoms with Gasteiger partial charge in [-0.3, -0.25) is 19.5 Å². The van der Waals surface area contributed by atoms with Crippen LogP contribution in [0.4, 0.5) is 5.69 Å². The van der Waals surface area contributed by atoms with Crippen molar-refractivity contribution in [2.24, 2.45) is 10.7 Å². The molecule has 26 heavy (non-hydrogen) atoms. The van der Waals surface area contributed by atoms with E-state index in [2.05, 4.69) is 15.3 Å². The van der Waals surface area contributed by atoms with E-state index in [0.29, 0.717) is 11.4 Å². The number of aryl methyl sites for hydroxylation is 1. The molecule has 0 spiro atoms. The summed E-state index contributed by atoms with van der Waals surface area (Å²) in [6.07, 6.45) is 1.81. The van der Waals surface area contributed by atoms with Gasteiger partial charge in [-0.1, -0.05) is 12.1 Å². The summed E-state index contributed by atoms with van der Waals surface area (Å²) in [5, 5.41) is 2.84. The second-order valence-electron chi connectivity index (χ2n) is 6.63. The van der Waals surface area contributed by atoms with E-state index in [-0.39, 0.29) is 24.2 Å². The topological polar surface area (TPSA) is 101 Å². The number of nitrogens with zero attached hydrogens (tertiary/aromatic N) is 3. The molecule has 0 aliphatic carbocycles. The number of aliphatic imine (C=N–C) groups is 1. The monoisotopic (exact) mass is 351 g/mol. The molecular weight excluding hydrogens is 330 g/mol. The van der Waals surface area contributed by atoms with Crippen LogP contribution in [0.3, 0.4) is 0 Å². The number of aromatic nitrogens is 1. The average Bonchev–Trinajstić information content (AvgIpc) is 2.60. The number of nitrogens with two attached hydrogens (primary N) is 1. The van der Waals surface area contributed by atoms with Crippen molar-refractivity contribution in [1.29, 1.82) is 0 Å². The predicted molar refractivity (Wildman–Crippen MR) is 99.7 cm³/mol. The molecule has 1 aliphatic heterocycles. The van der Waals surface area contributed by atoms with Crippen molar-refractivity contribution >= 4 is 23.5 Å². The summed E-state index contributed by atoms with van der Waals surface area (Å²) in [5.41, 5.74) is 7.82. The van der Waals surface area contributed by atoms with Crippen LogP contribution in [-0.4, -0.2) is 34.7 Å². The van der Waals surface area contributed by atoms with Gasteiger partial charge in [-0.2, -0.15) is 0 Å². The van der Waals surface area contributed by atoms with E-state index in [1.54, 1.807) is 25.4 Å². The Labute approximate surface area is 151 Å². The zero-order valence-corrected chi connectivity index (χ0v) is 15.0. The Balaban J connectivity index is 1.87. The lowest BCUT2D eigenvalue weighted by molar-refractivity contribution is -0.128. The second-order valence-corrected chi connectivity index (χ2v) is 6.63. The standard InChI is InChI=1S/C19H21N5O2/c1-12-7-8-21-15(9-12)17(26)22-14-6-4-5-13(10-14)19(2)11-16(25)24(3)18(20)23-19/h4-10H,11H2,1-3H3,(H2,20,23)(H,22,26). The summed E-state index contributed by atoms with van der Waals surface area (Å²) < 4.78 is 0. The zero-order valence-electron chi connectivity index (χ0n) is 15.0. The minimum atomic E-state index is -0.768. The van der Waals surface area contributed by atoms with Gasteiger partial charge in [0.1, 0.15) is 5.69 Å². The van der Waals surface area contributed by atoms with Crippen molar-refractivity contribution in [2.75, 3.05) is 12.4 Å². The number of carbonyl (C=O) groups is 2. The zero-order chi connectivity index (χ0) is 18.9. The smallest absolute Gasteiger partial charge is 0.274 e. The maximum atomic E-state index is 12.4. The Hall–Kier alpha value is -3.22. The maximum absolute atomic E-state index is 12.4. The lowest BCUT2D eigenvalue weighted by Crippen LogP contribution is -2.47. The van der Waals surface area contributed by atoms with Gasteiger partial charge in [0.05, 0.1) is 12.0 Å². The number of rotatable bonds is 3. The number of nitrogens with one attached hydrogen (secondary N) is 1.